The van der Waals surface area contributed by atoms with E-state index in [1.54, 1.807) is 18.2 Å². The van der Waals surface area contributed by atoms with Gasteiger partial charge in [0.25, 0.3) is 0 Å². The molecule has 1 N–H and O–H groups in total. The summed E-state index contributed by atoms with van der Waals surface area (Å²) in [6.07, 6.45) is 0.801. The van der Waals surface area contributed by atoms with Crippen molar-refractivity contribution >= 4 is 0 Å². The van der Waals surface area contributed by atoms with Gasteiger partial charge in [-0.05, 0) is 54.3 Å². The van der Waals surface area contributed by atoms with Gasteiger partial charge < -0.3 is 5.32 Å². The molecule has 0 bridgehead atoms. The van der Waals surface area contributed by atoms with Crippen molar-refractivity contribution in [2.45, 2.75) is 18.8 Å². The maximum Gasteiger partial charge on any atom is 0.123 e. The Morgan fingerprint density at radius 3 is 2.40 bits per heavy atom. The van der Waals surface area contributed by atoms with Gasteiger partial charge in [0.1, 0.15) is 11.6 Å². The lowest BCUT2D eigenvalue weighted by molar-refractivity contribution is 0.273. The van der Waals surface area contributed by atoms with Gasteiger partial charge >= 0.3 is 0 Å². The molecule has 0 aliphatic carbocycles. The summed E-state index contributed by atoms with van der Waals surface area (Å²) in [6.45, 7) is 3.57. The van der Waals surface area contributed by atoms with E-state index in [-0.39, 0.29) is 17.0 Å². The lowest BCUT2D eigenvalue weighted by Crippen LogP contribution is -2.58. The molecule has 2 aromatic carbocycles. The van der Waals surface area contributed by atoms with Crippen molar-refractivity contribution in [1.29, 1.82) is 0 Å². The summed E-state index contributed by atoms with van der Waals surface area (Å²) in [5, 5.41) is 3.27. The molecule has 104 valence electrons. The Morgan fingerprint density at radius 1 is 1.05 bits per heavy atom. The van der Waals surface area contributed by atoms with Crippen LogP contribution in [0.15, 0.2) is 42.5 Å². The first-order valence-corrected chi connectivity index (χ1v) is 6.81. The van der Waals surface area contributed by atoms with Gasteiger partial charge in [-0.15, -0.1) is 0 Å². The summed E-state index contributed by atoms with van der Waals surface area (Å²) in [4.78, 5) is 0. The van der Waals surface area contributed by atoms with Crippen molar-refractivity contribution in [1.82, 2.24) is 5.32 Å². The molecule has 0 atom stereocenters. The van der Waals surface area contributed by atoms with Crippen LogP contribution < -0.4 is 5.32 Å². The highest BCUT2D eigenvalue weighted by Gasteiger charge is 2.39. The highest BCUT2D eigenvalue weighted by atomic mass is 19.1. The lowest BCUT2D eigenvalue weighted by Gasteiger charge is -2.44. The molecule has 0 unspecified atom stereocenters. The summed E-state index contributed by atoms with van der Waals surface area (Å²) >= 11 is 0. The number of nitrogens with one attached hydrogen (secondary N) is 1. The Kier molecular flexibility index (Phi) is 3.30. The summed E-state index contributed by atoms with van der Waals surface area (Å²) in [5.41, 5.74) is 3.01. The zero-order valence-corrected chi connectivity index (χ0v) is 11.4. The van der Waals surface area contributed by atoms with Crippen molar-refractivity contribution < 1.29 is 8.78 Å². The highest BCUT2D eigenvalue weighted by Crippen LogP contribution is 2.33. The fourth-order valence-corrected chi connectivity index (χ4v) is 2.90. The van der Waals surface area contributed by atoms with Crippen LogP contribution in [0.4, 0.5) is 8.78 Å². The predicted molar refractivity (Wildman–Crippen MR) is 75.8 cm³/mol. The fourth-order valence-electron chi connectivity index (χ4n) is 2.90. The number of benzene rings is 2. The Labute approximate surface area is 117 Å². The molecule has 0 radical (unpaired) electrons. The predicted octanol–water partition coefficient (Wildman–Crippen LogP) is 3.36. The van der Waals surface area contributed by atoms with E-state index in [0.29, 0.717) is 0 Å². The summed E-state index contributed by atoms with van der Waals surface area (Å²) in [7, 11) is 0. The average molecular weight is 273 g/mol. The number of halogens is 2. The fraction of sp³-hybridized carbons (Fsp3) is 0.294. The van der Waals surface area contributed by atoms with E-state index in [1.165, 1.54) is 12.1 Å². The van der Waals surface area contributed by atoms with Crippen molar-refractivity contribution in [3.05, 3.63) is 70.8 Å². The number of aryl methyl sites for hydroxylation is 1. The molecule has 1 heterocycles. The third-order valence-corrected chi connectivity index (χ3v) is 4.20. The minimum atomic E-state index is -0.210. The van der Waals surface area contributed by atoms with Crippen molar-refractivity contribution in [2.75, 3.05) is 13.1 Å². The van der Waals surface area contributed by atoms with Crippen LogP contribution in [0.5, 0.6) is 0 Å². The van der Waals surface area contributed by atoms with Crippen LogP contribution in [0.1, 0.15) is 16.7 Å². The molecule has 20 heavy (non-hydrogen) atoms. The molecule has 0 spiro atoms. The summed E-state index contributed by atoms with van der Waals surface area (Å²) in [5.74, 6) is -0.414. The number of rotatable bonds is 3. The lowest BCUT2D eigenvalue weighted by atomic mass is 9.70. The second kappa shape index (κ2) is 4.98. The molecule has 1 saturated heterocycles. The van der Waals surface area contributed by atoms with E-state index in [1.807, 2.05) is 19.1 Å². The average Bonchev–Trinajstić information content (AvgIpc) is 2.36. The monoisotopic (exact) mass is 273 g/mol. The van der Waals surface area contributed by atoms with E-state index in [0.717, 1.165) is 36.2 Å². The number of hydrogen-bond donors (Lipinski definition) is 1. The minimum Gasteiger partial charge on any atom is -0.315 e. The van der Waals surface area contributed by atoms with Crippen LogP contribution in [0.2, 0.25) is 0 Å². The standard InChI is InChI=1S/C17H17F2N/c1-12-7-16(19)6-5-13(12)9-17(10-20-11-17)14-3-2-4-15(18)8-14/h2-8,20H,9-11H2,1H3. The quantitative estimate of drug-likeness (QED) is 0.904. The van der Waals surface area contributed by atoms with Gasteiger partial charge in [0.15, 0.2) is 0 Å². The van der Waals surface area contributed by atoms with E-state index >= 15 is 0 Å². The van der Waals surface area contributed by atoms with Gasteiger partial charge in [-0.1, -0.05) is 18.2 Å². The second-order valence-corrected chi connectivity index (χ2v) is 5.64. The SMILES string of the molecule is Cc1cc(F)ccc1CC1(c2cccc(F)c2)CNC1. The summed E-state index contributed by atoms with van der Waals surface area (Å²) < 4.78 is 26.6. The smallest absolute Gasteiger partial charge is 0.123 e. The molecule has 1 nitrogen and oxygen atoms in total. The minimum absolute atomic E-state index is 0.0787. The molecule has 0 amide bonds. The van der Waals surface area contributed by atoms with Gasteiger partial charge in [-0.25, -0.2) is 8.78 Å². The Balaban J connectivity index is 1.94. The van der Waals surface area contributed by atoms with Crippen molar-refractivity contribution in [3.8, 4) is 0 Å². The number of hydrogen-bond acceptors (Lipinski definition) is 1. The van der Waals surface area contributed by atoms with Gasteiger partial charge in [0, 0.05) is 18.5 Å². The Hall–Kier alpha value is -1.74. The zero-order valence-electron chi connectivity index (χ0n) is 11.4. The van der Waals surface area contributed by atoms with Crippen LogP contribution in [-0.2, 0) is 11.8 Å². The highest BCUT2D eigenvalue weighted by molar-refractivity contribution is 5.36. The molecule has 0 aromatic heterocycles. The van der Waals surface area contributed by atoms with Crippen LogP contribution >= 0.6 is 0 Å². The Bertz CT molecular complexity index is 633. The van der Waals surface area contributed by atoms with Crippen molar-refractivity contribution in [2.24, 2.45) is 0 Å². The first-order valence-electron chi connectivity index (χ1n) is 6.81. The Morgan fingerprint density at radius 2 is 1.80 bits per heavy atom. The third-order valence-electron chi connectivity index (χ3n) is 4.20. The van der Waals surface area contributed by atoms with Gasteiger partial charge in [0.05, 0.1) is 0 Å². The first kappa shape index (κ1) is 13.3. The molecule has 1 aliphatic heterocycles. The van der Waals surface area contributed by atoms with Gasteiger partial charge in [-0.2, -0.15) is 0 Å². The van der Waals surface area contributed by atoms with Gasteiger partial charge in [-0.3, -0.25) is 0 Å². The topological polar surface area (TPSA) is 12.0 Å². The molecular formula is C17H17F2N. The maximum atomic E-state index is 13.5. The molecule has 2 aromatic rings. The van der Waals surface area contributed by atoms with Crippen LogP contribution in [-0.4, -0.2) is 13.1 Å². The second-order valence-electron chi connectivity index (χ2n) is 5.64. The van der Waals surface area contributed by atoms with E-state index in [4.69, 9.17) is 0 Å². The van der Waals surface area contributed by atoms with Crippen LogP contribution in [0.25, 0.3) is 0 Å². The first-order chi connectivity index (χ1) is 9.59. The molecule has 0 saturated carbocycles. The van der Waals surface area contributed by atoms with E-state index in [2.05, 4.69) is 5.32 Å². The molecular weight excluding hydrogens is 256 g/mol. The largest absolute Gasteiger partial charge is 0.315 e. The maximum absolute atomic E-state index is 13.5. The van der Waals surface area contributed by atoms with Crippen LogP contribution in [0.3, 0.4) is 0 Å². The zero-order chi connectivity index (χ0) is 14.2. The van der Waals surface area contributed by atoms with E-state index in [9.17, 15) is 8.78 Å². The van der Waals surface area contributed by atoms with Gasteiger partial charge in [0.2, 0.25) is 0 Å². The van der Waals surface area contributed by atoms with Crippen LogP contribution in [0, 0.1) is 18.6 Å². The summed E-state index contributed by atoms with van der Waals surface area (Å²) in [6, 6.07) is 11.7. The van der Waals surface area contributed by atoms with Crippen molar-refractivity contribution in [3.63, 3.8) is 0 Å². The normalized spacial score (nSPS) is 16.8. The van der Waals surface area contributed by atoms with E-state index < -0.39 is 0 Å². The molecule has 3 rings (SSSR count). The molecule has 1 fully saturated rings. The molecule has 1 aliphatic rings. The third kappa shape index (κ3) is 2.34. The molecule has 3 heteroatoms.